The molecule has 6 rings (SSSR count). The summed E-state index contributed by atoms with van der Waals surface area (Å²) in [7, 11) is 0. The van der Waals surface area contributed by atoms with Crippen LogP contribution in [-0.4, -0.2) is 4.87 Å². The molecule has 2 aromatic carbocycles. The molecular weight excluding hydrogens is 468 g/mol. The Hall–Kier alpha value is -3.35. The Balaban J connectivity index is 1.43. The first-order chi connectivity index (χ1) is 18.0. The zero-order chi connectivity index (χ0) is 25.6. The van der Waals surface area contributed by atoms with Crippen LogP contribution in [0.5, 0.6) is 0 Å². The van der Waals surface area contributed by atoms with Crippen molar-refractivity contribution in [2.75, 3.05) is 0 Å². The Labute approximate surface area is 226 Å². The van der Waals surface area contributed by atoms with Crippen molar-refractivity contribution in [3.8, 4) is 0 Å². The van der Waals surface area contributed by atoms with Gasteiger partial charge in [0.15, 0.2) is 0 Å². The topological polar surface area (TPSA) is 0 Å². The molecule has 0 amide bonds. The number of halogens is 1. The fourth-order valence-electron chi connectivity index (χ4n) is 7.01. The van der Waals surface area contributed by atoms with E-state index in [1.54, 1.807) is 0 Å². The van der Waals surface area contributed by atoms with Gasteiger partial charge in [0, 0.05) is 23.7 Å². The molecule has 0 bridgehead atoms. The third-order valence-electron chi connectivity index (χ3n) is 8.46. The van der Waals surface area contributed by atoms with Crippen LogP contribution in [-0.2, 0) is 0 Å². The molecule has 0 spiro atoms. The average Bonchev–Trinajstić information content (AvgIpc) is 3.23. The first-order valence-electron chi connectivity index (χ1n) is 13.3. The Kier molecular flexibility index (Phi) is 6.17. The van der Waals surface area contributed by atoms with Gasteiger partial charge in [-0.25, -0.2) is 0 Å². The van der Waals surface area contributed by atoms with E-state index >= 15 is 0 Å². The van der Waals surface area contributed by atoms with Gasteiger partial charge in [-0.05, 0) is 54.2 Å². The van der Waals surface area contributed by atoms with Crippen LogP contribution in [0.4, 0.5) is 0 Å². The maximum Gasteiger partial charge on any atom is 0.0629 e. The molecule has 0 nitrogen and oxygen atoms in total. The molecular formula is C36H33Cl. The van der Waals surface area contributed by atoms with E-state index in [1.165, 1.54) is 44.6 Å². The highest BCUT2D eigenvalue weighted by Gasteiger charge is 2.49. The summed E-state index contributed by atoms with van der Waals surface area (Å²) >= 11 is 7.81. The molecule has 4 unspecified atom stereocenters. The van der Waals surface area contributed by atoms with Crippen molar-refractivity contribution in [2.24, 2.45) is 11.8 Å². The summed E-state index contributed by atoms with van der Waals surface area (Å²) in [4.78, 5) is -0.513. The molecule has 0 aromatic heterocycles. The fraction of sp³-hybridized carbons (Fsp3) is 0.222. The van der Waals surface area contributed by atoms with Gasteiger partial charge >= 0.3 is 0 Å². The van der Waals surface area contributed by atoms with Gasteiger partial charge in [0.1, 0.15) is 0 Å². The zero-order valence-corrected chi connectivity index (χ0v) is 22.5. The Morgan fingerprint density at radius 2 is 0.973 bits per heavy atom. The Morgan fingerprint density at radius 1 is 0.568 bits per heavy atom. The number of benzene rings is 2. The summed E-state index contributed by atoms with van der Waals surface area (Å²) in [6.45, 7) is 6.79. The quantitative estimate of drug-likeness (QED) is 0.366. The van der Waals surface area contributed by atoms with Gasteiger partial charge in [0.05, 0.1) is 4.87 Å². The van der Waals surface area contributed by atoms with E-state index in [1.807, 2.05) is 0 Å². The van der Waals surface area contributed by atoms with Crippen molar-refractivity contribution in [1.29, 1.82) is 0 Å². The molecule has 1 heteroatoms. The first kappa shape index (κ1) is 24.0. The van der Waals surface area contributed by atoms with Crippen LogP contribution < -0.4 is 0 Å². The molecule has 4 aliphatic carbocycles. The molecule has 184 valence electrons. The largest absolute Gasteiger partial charge is 0.118 e. The molecule has 0 saturated carbocycles. The highest BCUT2D eigenvalue weighted by Crippen LogP contribution is 2.56. The van der Waals surface area contributed by atoms with Crippen molar-refractivity contribution in [1.82, 2.24) is 0 Å². The number of alkyl halides is 1. The summed E-state index contributed by atoms with van der Waals surface area (Å²) < 4.78 is 0. The second-order valence-electron chi connectivity index (χ2n) is 10.9. The lowest BCUT2D eigenvalue weighted by atomic mass is 9.71. The molecule has 2 aromatic rings. The predicted octanol–water partition coefficient (Wildman–Crippen LogP) is 9.55. The highest BCUT2D eigenvalue weighted by atomic mass is 35.5. The van der Waals surface area contributed by atoms with E-state index in [9.17, 15) is 0 Å². The normalized spacial score (nSPS) is 27.9. The number of hydrogen-bond donors (Lipinski definition) is 0. The predicted molar refractivity (Wildman–Crippen MR) is 158 cm³/mol. The third kappa shape index (κ3) is 4.09. The minimum Gasteiger partial charge on any atom is -0.118 e. The smallest absolute Gasteiger partial charge is 0.0629 e. The standard InChI is InChI=1S/C36H33Cl/c1-24-22-32-28(26-14-6-4-7-15-26)18-10-12-20-30(32)34(24)36(3,37)35-25(2)23-33-29(19-11-13-21-31(33)35)27-16-8-5-9-17-27/h4-23,28-29,34-35H,1-3H3. The minimum atomic E-state index is -0.513. The molecule has 4 aliphatic rings. The molecule has 0 N–H and O–H groups in total. The SMILES string of the molecule is CC1=CC2=C(C=CC=CC2c2ccccc2)C1C(C)(Cl)C1C(C)=CC2=C1C=CC=CC2c1ccccc1. The van der Waals surface area contributed by atoms with Gasteiger partial charge in [-0.3, -0.25) is 0 Å². The maximum absolute atomic E-state index is 7.81. The van der Waals surface area contributed by atoms with Gasteiger partial charge in [-0.1, -0.05) is 133 Å². The summed E-state index contributed by atoms with van der Waals surface area (Å²) in [6.07, 6.45) is 22.8. The van der Waals surface area contributed by atoms with Crippen LogP contribution in [0.3, 0.4) is 0 Å². The highest BCUT2D eigenvalue weighted by molar-refractivity contribution is 6.25. The second kappa shape index (κ2) is 9.51. The van der Waals surface area contributed by atoms with Gasteiger partial charge in [0.2, 0.25) is 0 Å². The van der Waals surface area contributed by atoms with Crippen molar-refractivity contribution < 1.29 is 0 Å². The minimum absolute atomic E-state index is 0.131. The summed E-state index contributed by atoms with van der Waals surface area (Å²) in [6, 6.07) is 21.6. The Bertz CT molecular complexity index is 1340. The maximum atomic E-state index is 7.81. The van der Waals surface area contributed by atoms with Crippen LogP contribution in [0.1, 0.15) is 43.7 Å². The van der Waals surface area contributed by atoms with Gasteiger partial charge in [-0.15, -0.1) is 11.6 Å². The zero-order valence-electron chi connectivity index (χ0n) is 21.7. The van der Waals surface area contributed by atoms with Crippen LogP contribution in [0.15, 0.2) is 155 Å². The van der Waals surface area contributed by atoms with Gasteiger partial charge < -0.3 is 0 Å². The van der Waals surface area contributed by atoms with E-state index in [4.69, 9.17) is 11.6 Å². The number of allylic oxidation sites excluding steroid dienone is 16. The van der Waals surface area contributed by atoms with Crippen molar-refractivity contribution >= 4 is 11.6 Å². The Morgan fingerprint density at radius 3 is 1.38 bits per heavy atom. The molecule has 0 aliphatic heterocycles. The van der Waals surface area contributed by atoms with E-state index in [-0.39, 0.29) is 23.7 Å². The molecule has 0 saturated heterocycles. The third-order valence-corrected chi connectivity index (χ3v) is 8.90. The monoisotopic (exact) mass is 500 g/mol. The van der Waals surface area contributed by atoms with Crippen molar-refractivity contribution in [3.63, 3.8) is 0 Å². The van der Waals surface area contributed by atoms with Crippen LogP contribution >= 0.6 is 11.6 Å². The van der Waals surface area contributed by atoms with Gasteiger partial charge in [0.25, 0.3) is 0 Å². The van der Waals surface area contributed by atoms with E-state index < -0.39 is 4.87 Å². The molecule has 0 fully saturated rings. The summed E-state index contributed by atoms with van der Waals surface area (Å²) in [5.74, 6) is 0.731. The number of hydrogen-bond acceptors (Lipinski definition) is 0. The average molecular weight is 501 g/mol. The van der Waals surface area contributed by atoms with E-state index in [0.717, 1.165) is 0 Å². The molecule has 37 heavy (non-hydrogen) atoms. The van der Waals surface area contributed by atoms with Crippen molar-refractivity contribution in [3.05, 3.63) is 166 Å². The second-order valence-corrected chi connectivity index (χ2v) is 11.7. The van der Waals surface area contributed by atoms with Crippen LogP contribution in [0, 0.1) is 11.8 Å². The first-order valence-corrected chi connectivity index (χ1v) is 13.7. The number of rotatable bonds is 4. The van der Waals surface area contributed by atoms with Crippen LogP contribution in [0.25, 0.3) is 0 Å². The van der Waals surface area contributed by atoms with E-state index in [2.05, 4.69) is 142 Å². The fourth-order valence-corrected chi connectivity index (χ4v) is 7.59. The summed E-state index contributed by atoms with van der Waals surface area (Å²) in [5, 5.41) is 0. The summed E-state index contributed by atoms with van der Waals surface area (Å²) in [5.41, 5.74) is 10.8. The van der Waals surface area contributed by atoms with Gasteiger partial charge in [-0.2, -0.15) is 0 Å². The van der Waals surface area contributed by atoms with E-state index in [0.29, 0.717) is 0 Å². The molecule has 4 atom stereocenters. The van der Waals surface area contributed by atoms with Crippen molar-refractivity contribution in [2.45, 2.75) is 37.5 Å². The molecule has 0 radical (unpaired) electrons. The lowest BCUT2D eigenvalue weighted by molar-refractivity contribution is 0.427. The lowest BCUT2D eigenvalue weighted by Crippen LogP contribution is -2.38. The lowest BCUT2D eigenvalue weighted by Gasteiger charge is -2.39. The molecule has 0 heterocycles. The van der Waals surface area contributed by atoms with Crippen LogP contribution in [0.2, 0.25) is 0 Å².